The van der Waals surface area contributed by atoms with E-state index in [-0.39, 0.29) is 24.6 Å². The molecule has 0 spiro atoms. The molecule has 0 unspecified atom stereocenters. The summed E-state index contributed by atoms with van der Waals surface area (Å²) in [4.78, 5) is 14.2. The topological polar surface area (TPSA) is 87.8 Å². The van der Waals surface area contributed by atoms with Crippen LogP contribution >= 0.6 is 0 Å². The maximum Gasteiger partial charge on any atom is 0.224 e. The number of rotatable bonds is 7. The van der Waals surface area contributed by atoms with Crippen molar-refractivity contribution in [1.82, 2.24) is 10.2 Å². The molecule has 1 saturated heterocycles. The van der Waals surface area contributed by atoms with E-state index in [4.69, 9.17) is 10.5 Å². The summed E-state index contributed by atoms with van der Waals surface area (Å²) in [6, 6.07) is 7.74. The molecule has 6 heteroatoms. The number of nitrogens with one attached hydrogen (secondary N) is 1. The van der Waals surface area contributed by atoms with Gasteiger partial charge in [0.15, 0.2) is 0 Å². The lowest BCUT2D eigenvalue weighted by atomic mass is 10.1. The van der Waals surface area contributed by atoms with Crippen LogP contribution in [0.3, 0.4) is 0 Å². The van der Waals surface area contributed by atoms with Gasteiger partial charge in [-0.25, -0.2) is 0 Å². The van der Waals surface area contributed by atoms with Gasteiger partial charge in [-0.3, -0.25) is 9.69 Å². The number of likely N-dealkylation sites (tertiary alicyclic amines) is 1. The highest BCUT2D eigenvalue weighted by atomic mass is 16.5. The Morgan fingerprint density at radius 3 is 2.77 bits per heavy atom. The molecule has 2 rings (SSSR count). The zero-order valence-electron chi connectivity index (χ0n) is 13.0. The maximum atomic E-state index is 12.1. The van der Waals surface area contributed by atoms with E-state index in [9.17, 15) is 9.90 Å². The molecule has 0 aliphatic carbocycles. The SMILES string of the molecule is CN1C[C@H](NC(=O)Cc2ccc(OCCN)cc2)C[C@H]1CO. The van der Waals surface area contributed by atoms with E-state index in [2.05, 4.69) is 10.2 Å². The third-order valence-electron chi connectivity index (χ3n) is 3.94. The van der Waals surface area contributed by atoms with Crippen LogP contribution in [-0.2, 0) is 11.2 Å². The van der Waals surface area contributed by atoms with Crippen molar-refractivity contribution in [2.45, 2.75) is 24.9 Å². The van der Waals surface area contributed by atoms with Crippen LogP contribution < -0.4 is 15.8 Å². The van der Waals surface area contributed by atoms with E-state index in [1.54, 1.807) is 0 Å². The van der Waals surface area contributed by atoms with Crippen LogP contribution in [0.15, 0.2) is 24.3 Å². The van der Waals surface area contributed by atoms with Gasteiger partial charge in [-0.2, -0.15) is 0 Å². The van der Waals surface area contributed by atoms with Gasteiger partial charge in [-0.15, -0.1) is 0 Å². The van der Waals surface area contributed by atoms with Crippen molar-refractivity contribution in [2.24, 2.45) is 5.73 Å². The molecular formula is C16H25N3O3. The van der Waals surface area contributed by atoms with Gasteiger partial charge in [0, 0.05) is 25.2 Å². The van der Waals surface area contributed by atoms with Crippen LogP contribution in [0.25, 0.3) is 0 Å². The van der Waals surface area contributed by atoms with E-state index in [1.807, 2.05) is 31.3 Å². The highest BCUT2D eigenvalue weighted by Crippen LogP contribution is 2.16. The van der Waals surface area contributed by atoms with Crippen molar-refractivity contribution in [3.63, 3.8) is 0 Å². The first-order valence-electron chi connectivity index (χ1n) is 7.64. The maximum absolute atomic E-state index is 12.1. The Balaban J connectivity index is 1.79. The minimum atomic E-state index is 0.00705. The predicted octanol–water partition coefficient (Wildman–Crippen LogP) is -0.252. The summed E-state index contributed by atoms with van der Waals surface area (Å²) in [5.74, 6) is 0.769. The van der Waals surface area contributed by atoms with E-state index < -0.39 is 0 Å². The minimum absolute atomic E-state index is 0.00705. The first-order valence-corrected chi connectivity index (χ1v) is 7.64. The second kappa shape index (κ2) is 8.12. The van der Waals surface area contributed by atoms with Gasteiger partial charge >= 0.3 is 0 Å². The summed E-state index contributed by atoms with van der Waals surface area (Å²) in [5.41, 5.74) is 6.33. The molecule has 0 radical (unpaired) electrons. The molecule has 1 heterocycles. The lowest BCUT2D eigenvalue weighted by Crippen LogP contribution is -2.37. The first-order chi connectivity index (χ1) is 10.6. The van der Waals surface area contributed by atoms with Crippen molar-refractivity contribution in [1.29, 1.82) is 0 Å². The zero-order valence-corrected chi connectivity index (χ0v) is 13.0. The number of nitrogens with zero attached hydrogens (tertiary/aromatic N) is 1. The number of benzene rings is 1. The average molecular weight is 307 g/mol. The molecule has 0 saturated carbocycles. The van der Waals surface area contributed by atoms with Gasteiger partial charge in [0.05, 0.1) is 13.0 Å². The van der Waals surface area contributed by atoms with E-state index in [0.717, 1.165) is 24.3 Å². The fourth-order valence-corrected chi connectivity index (χ4v) is 2.74. The van der Waals surface area contributed by atoms with Crippen molar-refractivity contribution < 1.29 is 14.6 Å². The minimum Gasteiger partial charge on any atom is -0.492 e. The number of ether oxygens (including phenoxy) is 1. The molecule has 1 amide bonds. The molecule has 6 nitrogen and oxygen atoms in total. The Labute approximate surface area is 131 Å². The smallest absolute Gasteiger partial charge is 0.224 e. The van der Waals surface area contributed by atoms with Gasteiger partial charge < -0.3 is 20.9 Å². The second-order valence-corrected chi connectivity index (χ2v) is 5.73. The molecule has 2 atom stereocenters. The van der Waals surface area contributed by atoms with Crippen LogP contribution in [0.1, 0.15) is 12.0 Å². The number of hydrogen-bond acceptors (Lipinski definition) is 5. The van der Waals surface area contributed by atoms with E-state index in [1.165, 1.54) is 0 Å². The summed E-state index contributed by atoms with van der Waals surface area (Å²) in [6.07, 6.45) is 1.14. The highest BCUT2D eigenvalue weighted by molar-refractivity contribution is 5.79. The predicted molar refractivity (Wildman–Crippen MR) is 84.7 cm³/mol. The highest BCUT2D eigenvalue weighted by Gasteiger charge is 2.29. The van der Waals surface area contributed by atoms with Crippen molar-refractivity contribution >= 4 is 5.91 Å². The number of nitrogens with two attached hydrogens (primary N) is 1. The Morgan fingerprint density at radius 1 is 1.45 bits per heavy atom. The van der Waals surface area contributed by atoms with Gasteiger partial charge in [0.2, 0.25) is 5.91 Å². The standard InChI is InChI=1S/C16H25N3O3/c1-19-10-13(9-14(19)11-20)18-16(21)8-12-2-4-15(5-3-12)22-7-6-17/h2-5,13-14,20H,6-11,17H2,1H3,(H,18,21)/t13-,14+/m1/s1. The molecule has 1 aliphatic heterocycles. The lowest BCUT2D eigenvalue weighted by Gasteiger charge is -2.15. The number of carbonyl (C=O) groups is 1. The summed E-state index contributed by atoms with van der Waals surface area (Å²) in [5, 5.41) is 12.3. The number of carbonyl (C=O) groups excluding carboxylic acids is 1. The second-order valence-electron chi connectivity index (χ2n) is 5.73. The normalized spacial score (nSPS) is 21.8. The fourth-order valence-electron chi connectivity index (χ4n) is 2.74. The summed E-state index contributed by atoms with van der Waals surface area (Å²) >= 11 is 0. The quantitative estimate of drug-likeness (QED) is 0.646. The number of likely N-dealkylation sites (N-methyl/N-ethyl adjacent to an activating group) is 1. The number of amides is 1. The Bertz CT molecular complexity index is 478. The lowest BCUT2D eigenvalue weighted by molar-refractivity contribution is -0.121. The largest absolute Gasteiger partial charge is 0.492 e. The van der Waals surface area contributed by atoms with Gasteiger partial charge in [0.1, 0.15) is 12.4 Å². The first kappa shape index (κ1) is 16.7. The third-order valence-corrected chi connectivity index (χ3v) is 3.94. The van der Waals surface area contributed by atoms with Crippen LogP contribution in [0, 0.1) is 0 Å². The van der Waals surface area contributed by atoms with Crippen LogP contribution in [-0.4, -0.2) is 61.3 Å². The monoisotopic (exact) mass is 307 g/mol. The molecule has 1 aromatic rings. The van der Waals surface area contributed by atoms with Crippen molar-refractivity contribution in [3.8, 4) is 5.75 Å². The molecule has 1 aromatic carbocycles. The Morgan fingerprint density at radius 2 is 2.18 bits per heavy atom. The van der Waals surface area contributed by atoms with Crippen molar-refractivity contribution in [2.75, 3.05) is 33.4 Å². The Kier molecular flexibility index (Phi) is 6.18. The van der Waals surface area contributed by atoms with Gasteiger partial charge in [0.25, 0.3) is 0 Å². The van der Waals surface area contributed by atoms with Crippen LogP contribution in [0.2, 0.25) is 0 Å². The number of aliphatic hydroxyl groups is 1. The van der Waals surface area contributed by atoms with Gasteiger partial charge in [-0.05, 0) is 31.2 Å². The van der Waals surface area contributed by atoms with E-state index in [0.29, 0.717) is 19.6 Å². The summed E-state index contributed by atoms with van der Waals surface area (Å²) in [6.45, 7) is 1.88. The van der Waals surface area contributed by atoms with Crippen molar-refractivity contribution in [3.05, 3.63) is 29.8 Å². The molecule has 22 heavy (non-hydrogen) atoms. The third kappa shape index (κ3) is 4.69. The number of aliphatic hydroxyl groups excluding tert-OH is 1. The zero-order chi connectivity index (χ0) is 15.9. The fraction of sp³-hybridized carbons (Fsp3) is 0.562. The van der Waals surface area contributed by atoms with Crippen LogP contribution in [0.4, 0.5) is 0 Å². The molecule has 0 bridgehead atoms. The van der Waals surface area contributed by atoms with Gasteiger partial charge in [-0.1, -0.05) is 12.1 Å². The molecular weight excluding hydrogens is 282 g/mol. The number of hydrogen-bond donors (Lipinski definition) is 3. The molecule has 1 fully saturated rings. The average Bonchev–Trinajstić information content (AvgIpc) is 2.86. The molecule has 4 N–H and O–H groups in total. The summed E-state index contributed by atoms with van der Waals surface area (Å²) < 4.78 is 5.40. The molecule has 0 aromatic heterocycles. The Hall–Kier alpha value is -1.63. The van der Waals surface area contributed by atoms with Crippen LogP contribution in [0.5, 0.6) is 5.75 Å². The van der Waals surface area contributed by atoms with E-state index >= 15 is 0 Å². The molecule has 122 valence electrons. The molecule has 1 aliphatic rings. The summed E-state index contributed by atoms with van der Waals surface area (Å²) in [7, 11) is 1.97.